The molecule has 3 aliphatic rings. The monoisotopic (exact) mass is 522 g/mol. The average Bonchev–Trinajstić information content (AvgIpc) is 2.80. The Kier molecular flexibility index (Phi) is 7.55. The maximum atomic E-state index is 4.91. The van der Waals surface area contributed by atoms with E-state index in [9.17, 15) is 0 Å². The average molecular weight is 523 g/mol. The Labute approximate surface area is 240 Å². The fourth-order valence-electron chi connectivity index (χ4n) is 9.25. The maximum absolute atomic E-state index is 4.91. The van der Waals surface area contributed by atoms with Gasteiger partial charge in [-0.1, -0.05) is 103 Å². The molecule has 0 fully saturated rings. The summed E-state index contributed by atoms with van der Waals surface area (Å²) in [4.78, 5) is 0. The van der Waals surface area contributed by atoms with E-state index in [1.165, 1.54) is 67.7 Å². The van der Waals surface area contributed by atoms with Crippen molar-refractivity contribution in [3.63, 3.8) is 0 Å². The second-order valence-corrected chi connectivity index (χ2v) is 14.4. The highest BCUT2D eigenvalue weighted by Gasteiger charge is 2.59. The molecule has 0 heterocycles. The molecule has 4 rings (SSSR count). The molecule has 0 spiro atoms. The zero-order valence-corrected chi connectivity index (χ0v) is 26.9. The van der Waals surface area contributed by atoms with Gasteiger partial charge in [0.15, 0.2) is 0 Å². The van der Waals surface area contributed by atoms with Gasteiger partial charge in [0.25, 0.3) is 0 Å². The quantitative estimate of drug-likeness (QED) is 0.312. The first-order chi connectivity index (χ1) is 18.0. The molecule has 0 saturated carbocycles. The lowest BCUT2D eigenvalue weighted by Crippen LogP contribution is -2.52. The van der Waals surface area contributed by atoms with Crippen LogP contribution in [0.1, 0.15) is 128 Å². The third kappa shape index (κ3) is 4.32. The van der Waals surface area contributed by atoms with Gasteiger partial charge in [-0.2, -0.15) is 0 Å². The summed E-state index contributed by atoms with van der Waals surface area (Å²) in [6, 6.07) is 2.54. The predicted molar refractivity (Wildman–Crippen MR) is 173 cm³/mol. The van der Waals surface area contributed by atoms with Crippen molar-refractivity contribution in [2.75, 3.05) is 0 Å². The summed E-state index contributed by atoms with van der Waals surface area (Å²) in [7, 11) is 0. The third-order valence-corrected chi connectivity index (χ3v) is 11.1. The largest absolute Gasteiger partial charge is 0.0999 e. The van der Waals surface area contributed by atoms with Crippen molar-refractivity contribution >= 4 is 5.57 Å². The summed E-state index contributed by atoms with van der Waals surface area (Å²) in [6.45, 7) is 42.1. The van der Waals surface area contributed by atoms with Crippen LogP contribution in [0, 0.1) is 23.2 Å². The molecule has 0 radical (unpaired) electrons. The van der Waals surface area contributed by atoms with Crippen molar-refractivity contribution in [3.8, 4) is 0 Å². The highest BCUT2D eigenvalue weighted by Crippen LogP contribution is 2.70. The Morgan fingerprint density at radius 3 is 2.21 bits per heavy atom. The van der Waals surface area contributed by atoms with Gasteiger partial charge in [0, 0.05) is 5.41 Å². The van der Waals surface area contributed by atoms with Crippen molar-refractivity contribution in [1.82, 2.24) is 0 Å². The molecule has 3 aliphatic carbocycles. The number of fused-ring (bicyclic) bond motifs is 3. The molecule has 3 atom stereocenters. The van der Waals surface area contributed by atoms with Gasteiger partial charge in [0.05, 0.1) is 0 Å². The Morgan fingerprint density at radius 2 is 1.64 bits per heavy atom. The van der Waals surface area contributed by atoms with Gasteiger partial charge in [-0.3, -0.25) is 0 Å². The van der Waals surface area contributed by atoms with Crippen LogP contribution >= 0.6 is 0 Å². The lowest BCUT2D eigenvalue weighted by atomic mass is 9.41. The van der Waals surface area contributed by atoms with E-state index in [1.54, 1.807) is 5.56 Å². The van der Waals surface area contributed by atoms with Gasteiger partial charge in [0.1, 0.15) is 0 Å². The Morgan fingerprint density at radius 1 is 1.00 bits per heavy atom. The summed E-state index contributed by atoms with van der Waals surface area (Å²) in [5, 5.41) is 0. The van der Waals surface area contributed by atoms with Crippen molar-refractivity contribution in [3.05, 3.63) is 99.2 Å². The smallest absolute Gasteiger partial charge is 0.0194 e. The number of aryl methyl sites for hydroxylation is 1. The van der Waals surface area contributed by atoms with E-state index in [-0.39, 0.29) is 16.2 Å². The molecule has 0 aliphatic heterocycles. The zero-order valence-electron chi connectivity index (χ0n) is 26.9. The second-order valence-electron chi connectivity index (χ2n) is 14.4. The van der Waals surface area contributed by atoms with Crippen LogP contribution in [-0.4, -0.2) is 0 Å². The fraction of sp³-hybridized carbons (Fsp3) is 0.538. The van der Waals surface area contributed by atoms with Gasteiger partial charge in [-0.15, -0.1) is 0 Å². The van der Waals surface area contributed by atoms with Crippen molar-refractivity contribution < 1.29 is 0 Å². The predicted octanol–water partition coefficient (Wildman–Crippen LogP) is 11.6. The van der Waals surface area contributed by atoms with Gasteiger partial charge in [-0.25, -0.2) is 0 Å². The molecule has 0 nitrogen and oxygen atoms in total. The SMILES string of the molecule is C=C(CCC)CCc1cc(C(C)C)c2c(c1C)C(=C)C1=C(C)[C@@]3(C)C(=C)C(C(=C)C)=C(C)C[C@@]3(C)C[C@@]1(C)C2. The van der Waals surface area contributed by atoms with E-state index in [0.29, 0.717) is 5.92 Å². The molecule has 0 bridgehead atoms. The van der Waals surface area contributed by atoms with Crippen LogP contribution in [0.3, 0.4) is 0 Å². The number of allylic oxidation sites excluding steroid dienone is 8. The Hall–Kier alpha value is -2.34. The summed E-state index contributed by atoms with van der Waals surface area (Å²) in [5.74, 6) is 0.488. The van der Waals surface area contributed by atoms with Gasteiger partial charge in [0.2, 0.25) is 0 Å². The van der Waals surface area contributed by atoms with Crippen LogP contribution in [0.25, 0.3) is 5.57 Å². The van der Waals surface area contributed by atoms with Crippen LogP contribution in [0.2, 0.25) is 0 Å². The van der Waals surface area contributed by atoms with E-state index in [2.05, 4.69) is 88.5 Å². The van der Waals surface area contributed by atoms with E-state index < -0.39 is 0 Å². The van der Waals surface area contributed by atoms with E-state index in [0.717, 1.165) is 44.1 Å². The summed E-state index contributed by atoms with van der Waals surface area (Å²) >= 11 is 0. The molecule has 0 saturated heterocycles. The highest BCUT2D eigenvalue weighted by atomic mass is 14.6. The van der Waals surface area contributed by atoms with E-state index >= 15 is 0 Å². The lowest BCUT2D eigenvalue weighted by Gasteiger charge is -2.62. The molecule has 0 heteroatoms. The van der Waals surface area contributed by atoms with Crippen LogP contribution in [0.15, 0.2) is 71.4 Å². The van der Waals surface area contributed by atoms with Crippen LogP contribution in [0.4, 0.5) is 0 Å². The van der Waals surface area contributed by atoms with Gasteiger partial charge >= 0.3 is 0 Å². The highest BCUT2D eigenvalue weighted by molar-refractivity contribution is 5.87. The molecule has 0 unspecified atom stereocenters. The minimum atomic E-state index is -0.111. The first-order valence-electron chi connectivity index (χ1n) is 15.3. The molecule has 0 amide bonds. The molecule has 39 heavy (non-hydrogen) atoms. The topological polar surface area (TPSA) is 0 Å². The van der Waals surface area contributed by atoms with Crippen molar-refractivity contribution in [1.29, 1.82) is 0 Å². The minimum absolute atomic E-state index is 0.0662. The first kappa shape index (κ1) is 29.6. The van der Waals surface area contributed by atoms with Crippen LogP contribution in [-0.2, 0) is 12.8 Å². The summed E-state index contributed by atoms with van der Waals surface area (Å²) < 4.78 is 0. The Bertz CT molecular complexity index is 1350. The molecular formula is C39H54. The first-order valence-corrected chi connectivity index (χ1v) is 15.3. The maximum Gasteiger partial charge on any atom is 0.0194 e. The number of hydrogen-bond donors (Lipinski definition) is 0. The normalized spacial score (nSPS) is 28.5. The summed E-state index contributed by atoms with van der Waals surface area (Å²) in [6.07, 6.45) is 7.78. The van der Waals surface area contributed by atoms with Crippen LogP contribution < -0.4 is 0 Å². The fourth-order valence-corrected chi connectivity index (χ4v) is 9.25. The lowest BCUT2D eigenvalue weighted by molar-refractivity contribution is 0.0543. The molecule has 0 N–H and O–H groups in total. The summed E-state index contributed by atoms with van der Waals surface area (Å²) in [5.41, 5.74) is 18.3. The van der Waals surface area contributed by atoms with Gasteiger partial charge < -0.3 is 0 Å². The third-order valence-electron chi connectivity index (χ3n) is 11.1. The molecule has 1 aromatic rings. The molecule has 0 aromatic heterocycles. The van der Waals surface area contributed by atoms with Gasteiger partial charge in [-0.05, 0) is 133 Å². The van der Waals surface area contributed by atoms with E-state index in [4.69, 9.17) is 13.2 Å². The number of rotatable bonds is 7. The minimum Gasteiger partial charge on any atom is -0.0999 e. The van der Waals surface area contributed by atoms with Crippen LogP contribution in [0.5, 0.6) is 0 Å². The van der Waals surface area contributed by atoms with E-state index in [1.807, 2.05) is 0 Å². The molecular weight excluding hydrogens is 468 g/mol. The number of hydrogen-bond acceptors (Lipinski definition) is 0. The number of benzene rings is 1. The van der Waals surface area contributed by atoms with Crippen molar-refractivity contribution in [2.24, 2.45) is 16.2 Å². The molecule has 210 valence electrons. The van der Waals surface area contributed by atoms with Crippen molar-refractivity contribution in [2.45, 2.75) is 120 Å². The Balaban J connectivity index is 1.94. The standard InChI is InChI=1S/C39H54/c1-15-16-25(6)17-18-31-19-32(23(2)3)33-21-37(12)22-38(13)20-26(7)34(24(4)5)29(10)39(38,14)30(11)36(37)28(9)35(33)27(31)8/h19,23H,4,6,9-10,15-18,20-22H2,1-3,5,7-8,11-14H3/t37-,38+,39-/m1/s1. The molecule has 1 aromatic carbocycles. The second kappa shape index (κ2) is 9.94. The zero-order chi connectivity index (χ0) is 29.2.